The summed E-state index contributed by atoms with van der Waals surface area (Å²) in [5.41, 5.74) is 2.32. The minimum atomic E-state index is -0.385. The molecule has 1 aromatic heterocycles. The van der Waals surface area contributed by atoms with E-state index in [0.29, 0.717) is 37.6 Å². The van der Waals surface area contributed by atoms with Crippen molar-refractivity contribution < 1.29 is 14.3 Å². The molecule has 0 unspecified atom stereocenters. The van der Waals surface area contributed by atoms with E-state index >= 15 is 0 Å². The minimum absolute atomic E-state index is 0.0360. The molecule has 6 nitrogen and oxygen atoms in total. The largest absolute Gasteiger partial charge is 0.378 e. The second-order valence-corrected chi connectivity index (χ2v) is 6.39. The number of ether oxygens (including phenoxy) is 1. The molecule has 1 aromatic rings. The van der Waals surface area contributed by atoms with Crippen LogP contribution >= 0.6 is 11.3 Å². The summed E-state index contributed by atoms with van der Waals surface area (Å²) in [5, 5.41) is 7.58. The van der Waals surface area contributed by atoms with Crippen LogP contribution in [0.1, 0.15) is 23.4 Å². The molecule has 0 saturated carbocycles. The Labute approximate surface area is 133 Å². The van der Waals surface area contributed by atoms with E-state index in [1.807, 2.05) is 18.4 Å². The molecule has 2 N–H and O–H groups in total. The number of amides is 3. The number of thiophene rings is 1. The number of hydrogen-bond donors (Lipinski definition) is 2. The van der Waals surface area contributed by atoms with Crippen LogP contribution in [0.3, 0.4) is 0 Å². The van der Waals surface area contributed by atoms with Gasteiger partial charge in [0, 0.05) is 23.7 Å². The zero-order valence-corrected chi connectivity index (χ0v) is 13.5. The highest BCUT2D eigenvalue weighted by atomic mass is 32.1. The van der Waals surface area contributed by atoms with Crippen LogP contribution in [-0.4, -0.2) is 43.1 Å². The van der Waals surface area contributed by atoms with Crippen LogP contribution in [-0.2, 0) is 9.53 Å². The molecule has 1 fully saturated rings. The molecule has 0 aromatic carbocycles. The molecule has 7 heteroatoms. The summed E-state index contributed by atoms with van der Waals surface area (Å²) in [4.78, 5) is 27.5. The molecule has 0 aliphatic carbocycles. The van der Waals surface area contributed by atoms with Crippen molar-refractivity contribution in [2.45, 2.75) is 19.9 Å². The van der Waals surface area contributed by atoms with Crippen molar-refractivity contribution in [3.8, 4) is 0 Å². The van der Waals surface area contributed by atoms with E-state index < -0.39 is 0 Å². The Bertz CT molecular complexity index is 632. The molecule has 0 spiro atoms. The lowest BCUT2D eigenvalue weighted by molar-refractivity contribution is -0.131. The number of nitrogens with zero attached hydrogens (tertiary/aromatic N) is 1. The average Bonchev–Trinajstić information content (AvgIpc) is 2.93. The van der Waals surface area contributed by atoms with Crippen molar-refractivity contribution in [1.82, 2.24) is 15.5 Å². The Balaban J connectivity index is 1.96. The molecule has 0 bridgehead atoms. The van der Waals surface area contributed by atoms with Crippen LogP contribution < -0.4 is 10.6 Å². The van der Waals surface area contributed by atoms with Gasteiger partial charge >= 0.3 is 6.03 Å². The van der Waals surface area contributed by atoms with Crippen LogP contribution in [0.5, 0.6) is 0 Å². The summed E-state index contributed by atoms with van der Waals surface area (Å²) >= 11 is 1.56. The molecular formula is C15H19N3O3S. The Morgan fingerprint density at radius 2 is 2.09 bits per heavy atom. The lowest BCUT2D eigenvalue weighted by Gasteiger charge is -2.33. The first kappa shape index (κ1) is 15.1. The molecule has 1 atom stereocenters. The van der Waals surface area contributed by atoms with Gasteiger partial charge in [0.05, 0.1) is 24.8 Å². The summed E-state index contributed by atoms with van der Waals surface area (Å²) in [7, 11) is 0. The summed E-state index contributed by atoms with van der Waals surface area (Å²) in [5.74, 6) is -0.0360. The number of carbonyl (C=O) groups excluding carboxylic acids is 2. The molecule has 0 radical (unpaired) electrons. The van der Waals surface area contributed by atoms with Gasteiger partial charge in [-0.05, 0) is 30.9 Å². The molecule has 3 amide bonds. The summed E-state index contributed by atoms with van der Waals surface area (Å²) in [6, 6.07) is 1.35. The number of carbonyl (C=O) groups is 2. The number of hydrogen-bond acceptors (Lipinski definition) is 4. The monoisotopic (exact) mass is 321 g/mol. The third kappa shape index (κ3) is 2.74. The lowest BCUT2D eigenvalue weighted by Crippen LogP contribution is -2.49. The normalized spacial score (nSPS) is 22.4. The molecule has 3 rings (SSSR count). The van der Waals surface area contributed by atoms with Gasteiger partial charge in [-0.15, -0.1) is 11.3 Å². The van der Waals surface area contributed by atoms with Crippen molar-refractivity contribution in [3.05, 3.63) is 33.2 Å². The summed E-state index contributed by atoms with van der Waals surface area (Å²) in [6.45, 7) is 6.05. The smallest absolute Gasteiger partial charge is 0.319 e. The van der Waals surface area contributed by atoms with Gasteiger partial charge in [0.25, 0.3) is 5.91 Å². The Morgan fingerprint density at radius 1 is 1.36 bits per heavy atom. The highest BCUT2D eigenvalue weighted by molar-refractivity contribution is 7.10. The lowest BCUT2D eigenvalue weighted by atomic mass is 9.98. The van der Waals surface area contributed by atoms with E-state index in [0.717, 1.165) is 10.4 Å². The Morgan fingerprint density at radius 3 is 2.73 bits per heavy atom. The van der Waals surface area contributed by atoms with E-state index in [4.69, 9.17) is 4.74 Å². The highest BCUT2D eigenvalue weighted by Gasteiger charge is 2.35. The summed E-state index contributed by atoms with van der Waals surface area (Å²) < 4.78 is 5.31. The van der Waals surface area contributed by atoms with E-state index in [-0.39, 0.29) is 18.0 Å². The Hall–Kier alpha value is -1.86. The van der Waals surface area contributed by atoms with Crippen molar-refractivity contribution >= 4 is 23.3 Å². The fraction of sp³-hybridized carbons (Fsp3) is 0.467. The molecule has 1 saturated heterocycles. The zero-order chi connectivity index (χ0) is 15.7. The molecular weight excluding hydrogens is 302 g/mol. The number of morpholine rings is 1. The number of aryl methyl sites for hydroxylation is 1. The van der Waals surface area contributed by atoms with Crippen molar-refractivity contribution in [2.75, 3.05) is 26.3 Å². The van der Waals surface area contributed by atoms with Gasteiger partial charge in [-0.2, -0.15) is 0 Å². The van der Waals surface area contributed by atoms with Crippen LogP contribution in [0.15, 0.2) is 22.7 Å². The SMILES string of the molecule is CC1=C(C(=O)N2CCOCC2)[C@H](c2sccc2C)NC(=O)N1. The zero-order valence-electron chi connectivity index (χ0n) is 12.6. The third-order valence-corrected chi connectivity index (χ3v) is 5.05. The predicted octanol–water partition coefficient (Wildman–Crippen LogP) is 1.54. The van der Waals surface area contributed by atoms with Gasteiger partial charge in [0.2, 0.25) is 0 Å². The second kappa shape index (κ2) is 6.10. The number of allylic oxidation sites excluding steroid dienone is 1. The van der Waals surface area contributed by atoms with Crippen LogP contribution in [0.2, 0.25) is 0 Å². The van der Waals surface area contributed by atoms with Crippen molar-refractivity contribution in [1.29, 1.82) is 0 Å². The molecule has 2 aliphatic heterocycles. The number of nitrogens with one attached hydrogen (secondary N) is 2. The minimum Gasteiger partial charge on any atom is -0.378 e. The average molecular weight is 321 g/mol. The first-order valence-electron chi connectivity index (χ1n) is 7.27. The van der Waals surface area contributed by atoms with E-state index in [9.17, 15) is 9.59 Å². The van der Waals surface area contributed by atoms with Crippen molar-refractivity contribution in [3.63, 3.8) is 0 Å². The maximum absolute atomic E-state index is 12.9. The van der Waals surface area contributed by atoms with E-state index in [2.05, 4.69) is 10.6 Å². The fourth-order valence-corrected chi connectivity index (χ4v) is 3.78. The van der Waals surface area contributed by atoms with Gasteiger partial charge in [0.15, 0.2) is 0 Å². The van der Waals surface area contributed by atoms with Crippen LogP contribution in [0.4, 0.5) is 4.79 Å². The van der Waals surface area contributed by atoms with Crippen LogP contribution in [0.25, 0.3) is 0 Å². The van der Waals surface area contributed by atoms with Crippen molar-refractivity contribution in [2.24, 2.45) is 0 Å². The highest BCUT2D eigenvalue weighted by Crippen LogP contribution is 2.33. The first-order chi connectivity index (χ1) is 10.6. The molecule has 3 heterocycles. The fourth-order valence-electron chi connectivity index (χ4n) is 2.79. The van der Waals surface area contributed by atoms with Crippen LogP contribution in [0, 0.1) is 6.92 Å². The topological polar surface area (TPSA) is 70.7 Å². The quantitative estimate of drug-likeness (QED) is 0.868. The molecule has 118 valence electrons. The van der Waals surface area contributed by atoms with E-state index in [1.165, 1.54) is 0 Å². The maximum atomic E-state index is 12.9. The third-order valence-electron chi connectivity index (χ3n) is 3.96. The van der Waals surface area contributed by atoms with E-state index in [1.54, 1.807) is 23.2 Å². The molecule has 22 heavy (non-hydrogen) atoms. The maximum Gasteiger partial charge on any atom is 0.319 e. The van der Waals surface area contributed by atoms with Gasteiger partial charge in [0.1, 0.15) is 0 Å². The Kier molecular flexibility index (Phi) is 4.17. The summed E-state index contributed by atoms with van der Waals surface area (Å²) in [6.07, 6.45) is 0. The standard InChI is InChI=1S/C15H19N3O3S/c1-9-3-8-22-13(9)12-11(10(2)16-15(20)17-12)14(19)18-4-6-21-7-5-18/h3,8,12H,4-7H2,1-2H3,(H2,16,17,20)/t12-/m1/s1. The predicted molar refractivity (Wildman–Crippen MR) is 83.6 cm³/mol. The second-order valence-electron chi connectivity index (χ2n) is 5.44. The molecule has 2 aliphatic rings. The number of urea groups is 1. The number of rotatable bonds is 2. The first-order valence-corrected chi connectivity index (χ1v) is 8.15. The van der Waals surface area contributed by atoms with Gasteiger partial charge < -0.3 is 20.3 Å². The van der Waals surface area contributed by atoms with Gasteiger partial charge in [-0.3, -0.25) is 4.79 Å². The van der Waals surface area contributed by atoms with Gasteiger partial charge in [-0.1, -0.05) is 0 Å². The van der Waals surface area contributed by atoms with Gasteiger partial charge in [-0.25, -0.2) is 4.79 Å².